The number of benzene rings is 3. The zero-order chi connectivity index (χ0) is 27.2. The van der Waals surface area contributed by atoms with Gasteiger partial charge in [-0.15, -0.1) is 10.2 Å². The number of hydrogen-bond acceptors (Lipinski definition) is 7. The van der Waals surface area contributed by atoms with E-state index in [2.05, 4.69) is 10.2 Å². The molecule has 0 radical (unpaired) electrons. The topological polar surface area (TPSA) is 92.3 Å². The molecule has 0 bridgehead atoms. The van der Waals surface area contributed by atoms with Crippen LogP contribution in [0.3, 0.4) is 0 Å². The third kappa shape index (κ3) is 6.71. The van der Waals surface area contributed by atoms with Crippen molar-refractivity contribution in [3.8, 4) is 17.2 Å². The fourth-order valence-corrected chi connectivity index (χ4v) is 5.67. The number of halogens is 3. The lowest BCUT2D eigenvalue weighted by Crippen LogP contribution is -2.11. The highest BCUT2D eigenvalue weighted by Crippen LogP contribution is 2.42. The first-order valence-electron chi connectivity index (χ1n) is 11.6. The van der Waals surface area contributed by atoms with Crippen molar-refractivity contribution in [2.45, 2.75) is 30.9 Å². The van der Waals surface area contributed by atoms with E-state index < -0.39 is 5.25 Å². The molecule has 12 heteroatoms. The van der Waals surface area contributed by atoms with E-state index in [0.717, 1.165) is 17.0 Å². The van der Waals surface area contributed by atoms with Crippen LogP contribution in [0.4, 0.5) is 0 Å². The molecule has 0 fully saturated rings. The summed E-state index contributed by atoms with van der Waals surface area (Å²) in [6.45, 7) is 4.07. The molecule has 0 spiro atoms. The van der Waals surface area contributed by atoms with Crippen molar-refractivity contribution >= 4 is 46.6 Å². The first-order valence-corrected chi connectivity index (χ1v) is 13.6. The number of hydrogen-bond donors (Lipinski definition) is 0. The zero-order valence-electron chi connectivity index (χ0n) is 20.4. The molecule has 4 aromatic rings. The van der Waals surface area contributed by atoms with Gasteiger partial charge in [0, 0.05) is 21.2 Å². The molecule has 0 saturated carbocycles. The molecule has 0 aliphatic heterocycles. The third-order valence-corrected chi connectivity index (χ3v) is 7.60. The average molecular weight is 594 g/mol. The lowest BCUT2D eigenvalue weighted by atomic mass is 10.1. The molecule has 4 rings (SSSR count). The second-order valence-electron chi connectivity index (χ2n) is 8.11. The van der Waals surface area contributed by atoms with Crippen molar-refractivity contribution in [2.75, 3.05) is 13.2 Å². The minimum absolute atomic E-state index is 0.163. The first-order chi connectivity index (χ1) is 18.3. The van der Waals surface area contributed by atoms with Gasteiger partial charge < -0.3 is 9.47 Å². The van der Waals surface area contributed by atoms with Gasteiger partial charge in [-0.1, -0.05) is 64.8 Å². The van der Waals surface area contributed by atoms with Crippen molar-refractivity contribution in [1.82, 2.24) is 14.8 Å². The van der Waals surface area contributed by atoms with Crippen molar-refractivity contribution in [2.24, 2.45) is 0 Å². The van der Waals surface area contributed by atoms with Gasteiger partial charge in [-0.3, -0.25) is 14.7 Å². The molecule has 0 unspecified atom stereocenters. The highest BCUT2D eigenvalue weighted by Gasteiger charge is 2.26. The molecule has 1 aromatic heterocycles. The number of aryl methyl sites for hydroxylation is 1. The molecule has 1 atom stereocenters. The fraction of sp³-hybridized carbons (Fsp3) is 0.231. The van der Waals surface area contributed by atoms with Gasteiger partial charge in [0.05, 0.1) is 16.7 Å². The number of nitrogens with zero attached hydrogens (tertiary/aromatic N) is 4. The Kier molecular flexibility index (Phi) is 9.38. The van der Waals surface area contributed by atoms with Crippen LogP contribution in [-0.4, -0.2) is 32.8 Å². The van der Waals surface area contributed by atoms with Crippen LogP contribution in [0.1, 0.15) is 29.1 Å². The second kappa shape index (κ2) is 12.7. The molecule has 8 nitrogen and oxygen atoms in total. The quantitative estimate of drug-likeness (QED) is 0.100. The van der Waals surface area contributed by atoms with Gasteiger partial charge in [0.25, 0.3) is 0 Å². The predicted octanol–water partition coefficient (Wildman–Crippen LogP) is 7.62. The van der Waals surface area contributed by atoms with E-state index in [9.17, 15) is 10.1 Å². The maximum absolute atomic E-state index is 11.6. The largest absolute Gasteiger partial charge is 0.494 e. The fourth-order valence-electron chi connectivity index (χ4n) is 3.72. The first kappa shape index (κ1) is 28.0. The Bertz CT molecular complexity index is 1410. The van der Waals surface area contributed by atoms with Crippen LogP contribution in [0.2, 0.25) is 15.1 Å². The van der Waals surface area contributed by atoms with Crippen LogP contribution in [0.15, 0.2) is 65.8 Å². The van der Waals surface area contributed by atoms with E-state index in [0.29, 0.717) is 28.2 Å². The number of ether oxygens (including phenoxy) is 2. The molecule has 0 N–H and O–H groups in total. The van der Waals surface area contributed by atoms with Crippen LogP contribution in [-0.2, 0) is 6.61 Å². The van der Waals surface area contributed by atoms with Crippen LogP contribution >= 0.6 is 46.6 Å². The standard InChI is InChI=1S/C26H23Cl3N4O4S/c1-3-36-20-10-8-19(9-11-20)33-16(2)30-31-26(33)38-24(14-32(34)35)18-12-22(28)25(23(29)13-18)37-15-17-6-4-5-7-21(17)27/h4-13,24H,3,14-15H2,1-2H3/t24-/m1/s1. The number of thioether (sulfide) groups is 1. The Morgan fingerprint density at radius 1 is 1.00 bits per heavy atom. The molecule has 0 amide bonds. The molecule has 0 aliphatic carbocycles. The Hall–Kier alpha value is -2.98. The van der Waals surface area contributed by atoms with E-state index >= 15 is 0 Å². The summed E-state index contributed by atoms with van der Waals surface area (Å²) in [7, 11) is 0. The minimum atomic E-state index is -0.650. The molecule has 1 heterocycles. The van der Waals surface area contributed by atoms with Crippen LogP contribution in [0, 0.1) is 17.0 Å². The van der Waals surface area contributed by atoms with E-state index in [-0.39, 0.29) is 33.9 Å². The second-order valence-corrected chi connectivity index (χ2v) is 10.5. The highest BCUT2D eigenvalue weighted by molar-refractivity contribution is 7.99. The highest BCUT2D eigenvalue weighted by atomic mass is 35.5. The smallest absolute Gasteiger partial charge is 0.220 e. The molecular formula is C26H23Cl3N4O4S. The van der Waals surface area contributed by atoms with Gasteiger partial charge >= 0.3 is 0 Å². The van der Waals surface area contributed by atoms with Gasteiger partial charge in [-0.05, 0) is 61.9 Å². The Labute approximate surface area is 239 Å². The summed E-state index contributed by atoms with van der Waals surface area (Å²) in [5.74, 6) is 1.65. The van der Waals surface area contributed by atoms with Crippen molar-refractivity contribution in [1.29, 1.82) is 0 Å². The van der Waals surface area contributed by atoms with Gasteiger partial charge in [0.2, 0.25) is 6.54 Å². The normalized spacial score (nSPS) is 11.8. The Morgan fingerprint density at radius 2 is 1.68 bits per heavy atom. The van der Waals surface area contributed by atoms with Gasteiger partial charge in [-0.2, -0.15) is 0 Å². The summed E-state index contributed by atoms with van der Waals surface area (Å²) >= 11 is 20.5. The summed E-state index contributed by atoms with van der Waals surface area (Å²) in [5.41, 5.74) is 2.14. The van der Waals surface area contributed by atoms with Crippen LogP contribution in [0.5, 0.6) is 11.5 Å². The number of rotatable bonds is 11. The van der Waals surface area contributed by atoms with E-state index in [1.807, 2.05) is 60.9 Å². The Morgan fingerprint density at radius 3 is 2.32 bits per heavy atom. The molecular weight excluding hydrogens is 571 g/mol. The van der Waals surface area contributed by atoms with Crippen LogP contribution in [0.25, 0.3) is 5.69 Å². The van der Waals surface area contributed by atoms with Gasteiger partial charge in [-0.25, -0.2) is 0 Å². The van der Waals surface area contributed by atoms with E-state index in [1.165, 1.54) is 11.8 Å². The molecule has 0 aliphatic rings. The van der Waals surface area contributed by atoms with Gasteiger partial charge in [0.1, 0.15) is 23.4 Å². The van der Waals surface area contributed by atoms with Crippen molar-refractivity contribution in [3.05, 3.63) is 103 Å². The summed E-state index contributed by atoms with van der Waals surface area (Å²) < 4.78 is 13.2. The molecule has 198 valence electrons. The maximum atomic E-state index is 11.6. The summed E-state index contributed by atoms with van der Waals surface area (Å²) in [4.78, 5) is 11.2. The number of nitro groups is 1. The lowest BCUT2D eigenvalue weighted by Gasteiger charge is -2.17. The predicted molar refractivity (Wildman–Crippen MR) is 150 cm³/mol. The summed E-state index contributed by atoms with van der Waals surface area (Å²) in [6, 6.07) is 18.0. The zero-order valence-corrected chi connectivity index (χ0v) is 23.5. The Balaban J connectivity index is 1.61. The monoisotopic (exact) mass is 592 g/mol. The maximum Gasteiger partial charge on any atom is 0.220 e. The molecule has 38 heavy (non-hydrogen) atoms. The SMILES string of the molecule is CCOc1ccc(-n2c(C)nnc2S[C@H](C[N+](=O)[O-])c2cc(Cl)c(OCc3ccccc3Cl)c(Cl)c2)cc1. The molecule has 0 saturated heterocycles. The average Bonchev–Trinajstić information content (AvgIpc) is 3.24. The lowest BCUT2D eigenvalue weighted by molar-refractivity contribution is -0.479. The third-order valence-electron chi connectivity index (χ3n) is 5.49. The number of aromatic nitrogens is 3. The van der Waals surface area contributed by atoms with Crippen molar-refractivity contribution < 1.29 is 14.4 Å². The summed E-state index contributed by atoms with van der Waals surface area (Å²) in [5, 5.41) is 20.9. The van der Waals surface area contributed by atoms with E-state index in [1.54, 1.807) is 18.2 Å². The van der Waals surface area contributed by atoms with Crippen molar-refractivity contribution in [3.63, 3.8) is 0 Å². The van der Waals surface area contributed by atoms with Crippen LogP contribution < -0.4 is 9.47 Å². The van der Waals surface area contributed by atoms with Gasteiger partial charge in [0.15, 0.2) is 10.9 Å². The molecule has 3 aromatic carbocycles. The van der Waals surface area contributed by atoms with E-state index in [4.69, 9.17) is 44.3 Å². The summed E-state index contributed by atoms with van der Waals surface area (Å²) in [6.07, 6.45) is 0. The minimum Gasteiger partial charge on any atom is -0.494 e.